The summed E-state index contributed by atoms with van der Waals surface area (Å²) < 4.78 is 55.7. The summed E-state index contributed by atoms with van der Waals surface area (Å²) in [7, 11) is 1.09. The number of benzene rings is 2. The molecule has 0 heterocycles. The smallest absolute Gasteiger partial charge is 0.333 e. The predicted molar refractivity (Wildman–Crippen MR) is 96.6 cm³/mol. The summed E-state index contributed by atoms with van der Waals surface area (Å²) in [4.78, 5) is 24.4. The second-order valence-corrected chi connectivity index (χ2v) is 6.48. The van der Waals surface area contributed by atoms with Crippen molar-refractivity contribution in [3.8, 4) is 0 Å². The van der Waals surface area contributed by atoms with Crippen molar-refractivity contribution in [1.82, 2.24) is 5.32 Å². The number of thioether (sulfide) groups is 1. The number of amides is 1. The quantitative estimate of drug-likeness (QED) is 0.318. The van der Waals surface area contributed by atoms with Crippen LogP contribution in [-0.4, -0.2) is 24.7 Å². The van der Waals surface area contributed by atoms with E-state index in [1.807, 2.05) is 0 Å². The fourth-order valence-corrected chi connectivity index (χ4v) is 2.71. The second-order valence-electron chi connectivity index (χ2n) is 5.42. The molecule has 0 aliphatic heterocycles. The molecule has 0 aromatic heterocycles. The van der Waals surface area contributed by atoms with Crippen LogP contribution < -0.4 is 5.32 Å². The zero-order valence-corrected chi connectivity index (χ0v) is 15.3. The van der Waals surface area contributed by atoms with Crippen LogP contribution in [0.15, 0.2) is 53.4 Å². The number of hydrogen-bond donors (Lipinski definition) is 1. The lowest BCUT2D eigenvalue weighted by atomic mass is 10.1. The number of ether oxygens (including phenoxy) is 1. The SMILES string of the molecule is COC(=O)C(NC(=O)/C=C/c1ccc(SC(F)F)cc1)c1ccc(F)c(F)c1. The average molecular weight is 413 g/mol. The standard InChI is InChI=1S/C19H15F4NO3S/c1-27-18(26)17(12-5-8-14(20)15(21)10-12)24-16(25)9-4-11-2-6-13(7-3-11)28-19(22)23/h2-10,17,19H,1H3,(H,24,25)/b9-4+. The number of halogens is 4. The van der Waals surface area contributed by atoms with E-state index in [2.05, 4.69) is 10.1 Å². The van der Waals surface area contributed by atoms with Gasteiger partial charge in [-0.3, -0.25) is 4.79 Å². The summed E-state index contributed by atoms with van der Waals surface area (Å²) in [6.45, 7) is 0. The van der Waals surface area contributed by atoms with Crippen LogP contribution in [-0.2, 0) is 14.3 Å². The van der Waals surface area contributed by atoms with Crippen LogP contribution in [0.3, 0.4) is 0 Å². The van der Waals surface area contributed by atoms with Gasteiger partial charge in [0.05, 0.1) is 7.11 Å². The van der Waals surface area contributed by atoms with Crippen molar-refractivity contribution in [2.24, 2.45) is 0 Å². The van der Waals surface area contributed by atoms with E-state index in [1.54, 1.807) is 12.1 Å². The minimum Gasteiger partial charge on any atom is -0.467 e. The molecule has 2 rings (SSSR count). The Balaban J connectivity index is 2.09. The molecule has 1 N–H and O–H groups in total. The first-order chi connectivity index (χ1) is 13.3. The van der Waals surface area contributed by atoms with Gasteiger partial charge in [0.2, 0.25) is 5.91 Å². The zero-order chi connectivity index (χ0) is 20.7. The maximum absolute atomic E-state index is 13.4. The Morgan fingerprint density at radius 3 is 2.32 bits per heavy atom. The van der Waals surface area contributed by atoms with Crippen LogP contribution in [0, 0.1) is 11.6 Å². The molecule has 0 aliphatic rings. The van der Waals surface area contributed by atoms with E-state index in [9.17, 15) is 27.2 Å². The van der Waals surface area contributed by atoms with Crippen LogP contribution in [0.25, 0.3) is 6.08 Å². The molecule has 28 heavy (non-hydrogen) atoms. The van der Waals surface area contributed by atoms with Gasteiger partial charge >= 0.3 is 5.97 Å². The summed E-state index contributed by atoms with van der Waals surface area (Å²) in [5.41, 5.74) is 0.581. The molecule has 0 bridgehead atoms. The second kappa shape index (κ2) is 9.93. The molecule has 0 radical (unpaired) electrons. The molecule has 0 saturated heterocycles. The average Bonchev–Trinajstić information content (AvgIpc) is 2.66. The summed E-state index contributed by atoms with van der Waals surface area (Å²) in [5.74, 6) is -6.34. The van der Waals surface area contributed by atoms with Crippen LogP contribution in [0.5, 0.6) is 0 Å². The first-order valence-corrected chi connectivity index (χ1v) is 8.74. The molecule has 1 amide bonds. The van der Waals surface area contributed by atoms with Crippen LogP contribution >= 0.6 is 11.8 Å². The van der Waals surface area contributed by atoms with Crippen molar-refractivity contribution in [2.75, 3.05) is 7.11 Å². The van der Waals surface area contributed by atoms with E-state index in [1.165, 1.54) is 18.2 Å². The monoisotopic (exact) mass is 413 g/mol. The Kier molecular flexibility index (Phi) is 7.62. The molecule has 0 aliphatic carbocycles. The molecule has 0 fully saturated rings. The van der Waals surface area contributed by atoms with Gasteiger partial charge < -0.3 is 10.1 Å². The number of carbonyl (C=O) groups is 2. The van der Waals surface area contributed by atoms with E-state index in [4.69, 9.17) is 0 Å². The van der Waals surface area contributed by atoms with E-state index in [0.29, 0.717) is 22.2 Å². The first kappa shape index (κ1) is 21.5. The normalized spacial score (nSPS) is 12.2. The molecule has 2 aromatic rings. The fourth-order valence-electron chi connectivity index (χ4n) is 2.21. The third-order valence-electron chi connectivity index (χ3n) is 3.53. The highest BCUT2D eigenvalue weighted by molar-refractivity contribution is 7.99. The molecule has 0 spiro atoms. The third-order valence-corrected chi connectivity index (χ3v) is 4.26. The van der Waals surface area contributed by atoms with E-state index in [-0.39, 0.29) is 5.56 Å². The van der Waals surface area contributed by atoms with Gasteiger partial charge in [0.15, 0.2) is 17.7 Å². The number of methoxy groups -OCH3 is 1. The minimum atomic E-state index is -2.53. The van der Waals surface area contributed by atoms with Gasteiger partial charge in [-0.25, -0.2) is 13.6 Å². The number of hydrogen-bond acceptors (Lipinski definition) is 4. The molecular formula is C19H15F4NO3S. The molecule has 1 unspecified atom stereocenters. The Morgan fingerprint density at radius 1 is 1.07 bits per heavy atom. The zero-order valence-electron chi connectivity index (χ0n) is 14.5. The number of nitrogens with one attached hydrogen (secondary N) is 1. The maximum Gasteiger partial charge on any atom is 0.333 e. The maximum atomic E-state index is 13.4. The van der Waals surface area contributed by atoms with Crippen molar-refractivity contribution < 1.29 is 31.9 Å². The summed E-state index contributed by atoms with van der Waals surface area (Å²) in [6.07, 6.45) is 2.52. The molecule has 2 aromatic carbocycles. The highest BCUT2D eigenvalue weighted by Gasteiger charge is 2.24. The summed E-state index contributed by atoms with van der Waals surface area (Å²) in [5, 5.41) is 2.35. The Morgan fingerprint density at radius 2 is 1.75 bits per heavy atom. The minimum absolute atomic E-state index is 0.0147. The molecule has 9 heteroatoms. The van der Waals surface area contributed by atoms with Gasteiger partial charge in [0.1, 0.15) is 0 Å². The van der Waals surface area contributed by atoms with Gasteiger partial charge in [-0.05, 0) is 41.5 Å². The van der Waals surface area contributed by atoms with E-state index >= 15 is 0 Å². The van der Waals surface area contributed by atoms with Crippen molar-refractivity contribution in [3.05, 3.63) is 71.3 Å². The lowest BCUT2D eigenvalue weighted by Gasteiger charge is -2.16. The summed E-state index contributed by atoms with van der Waals surface area (Å²) in [6, 6.07) is 7.50. The van der Waals surface area contributed by atoms with E-state index in [0.717, 1.165) is 31.4 Å². The molecule has 148 valence electrons. The predicted octanol–water partition coefficient (Wildman–Crippen LogP) is 4.32. The number of alkyl halides is 2. The fraction of sp³-hybridized carbons (Fsp3) is 0.158. The highest BCUT2D eigenvalue weighted by Crippen LogP contribution is 2.25. The highest BCUT2D eigenvalue weighted by atomic mass is 32.2. The number of esters is 1. The number of rotatable bonds is 7. The first-order valence-electron chi connectivity index (χ1n) is 7.86. The molecule has 4 nitrogen and oxygen atoms in total. The Bertz CT molecular complexity index is 872. The largest absolute Gasteiger partial charge is 0.467 e. The topological polar surface area (TPSA) is 55.4 Å². The van der Waals surface area contributed by atoms with Crippen LogP contribution in [0.4, 0.5) is 17.6 Å². The lowest BCUT2D eigenvalue weighted by molar-refractivity contribution is -0.144. The van der Waals surface area contributed by atoms with Crippen LogP contribution in [0.1, 0.15) is 17.2 Å². The molecular weight excluding hydrogens is 398 g/mol. The third kappa shape index (κ3) is 6.12. The number of carbonyl (C=O) groups excluding carboxylic acids is 2. The van der Waals surface area contributed by atoms with Crippen molar-refractivity contribution in [2.45, 2.75) is 16.7 Å². The van der Waals surface area contributed by atoms with Gasteiger partial charge in [0.25, 0.3) is 5.76 Å². The molecule has 0 saturated carbocycles. The van der Waals surface area contributed by atoms with Gasteiger partial charge in [-0.1, -0.05) is 30.0 Å². The Labute approximate surface area is 162 Å². The van der Waals surface area contributed by atoms with Crippen LogP contribution in [0.2, 0.25) is 0 Å². The molecule has 1 atom stereocenters. The van der Waals surface area contributed by atoms with Gasteiger partial charge in [-0.15, -0.1) is 0 Å². The summed E-state index contributed by atoms with van der Waals surface area (Å²) >= 11 is 0.400. The van der Waals surface area contributed by atoms with E-state index < -0.39 is 35.3 Å². The van der Waals surface area contributed by atoms with Crippen molar-refractivity contribution in [3.63, 3.8) is 0 Å². The lowest BCUT2D eigenvalue weighted by Crippen LogP contribution is -2.33. The van der Waals surface area contributed by atoms with Crippen molar-refractivity contribution in [1.29, 1.82) is 0 Å². The van der Waals surface area contributed by atoms with Gasteiger partial charge in [0, 0.05) is 11.0 Å². The van der Waals surface area contributed by atoms with Crippen molar-refractivity contribution >= 4 is 29.7 Å². The Hall–Kier alpha value is -2.81. The van der Waals surface area contributed by atoms with Gasteiger partial charge in [-0.2, -0.15) is 8.78 Å².